The van der Waals surface area contributed by atoms with E-state index in [0.717, 1.165) is 0 Å². The highest BCUT2D eigenvalue weighted by Crippen LogP contribution is 2.19. The molecule has 1 aliphatic heterocycles. The molecule has 1 atom stereocenters. The lowest BCUT2D eigenvalue weighted by atomic mass is 10.2. The standard InChI is InChI=1S/C10H12FNO2S/c11-9-3-1-2-4-10(9)12-8-5-6-15(13,14)7-8/h1-4,8,12H,5-7H2. The largest absolute Gasteiger partial charge is 0.379 e. The van der Waals surface area contributed by atoms with E-state index >= 15 is 0 Å². The topological polar surface area (TPSA) is 46.2 Å². The molecule has 1 unspecified atom stereocenters. The zero-order valence-electron chi connectivity index (χ0n) is 8.11. The van der Waals surface area contributed by atoms with Crippen molar-refractivity contribution in [3.8, 4) is 0 Å². The number of benzene rings is 1. The molecule has 0 bridgehead atoms. The predicted octanol–water partition coefficient (Wildman–Crippen LogP) is 1.42. The molecule has 2 rings (SSSR count). The van der Waals surface area contributed by atoms with Crippen LogP contribution < -0.4 is 5.32 Å². The summed E-state index contributed by atoms with van der Waals surface area (Å²) < 4.78 is 35.6. The van der Waals surface area contributed by atoms with Gasteiger partial charge in [-0.2, -0.15) is 0 Å². The molecule has 0 amide bonds. The Morgan fingerprint density at radius 2 is 2.07 bits per heavy atom. The lowest BCUT2D eigenvalue weighted by Crippen LogP contribution is -2.21. The molecule has 5 heteroatoms. The Morgan fingerprint density at radius 3 is 2.67 bits per heavy atom. The van der Waals surface area contributed by atoms with Crippen LogP contribution in [0.5, 0.6) is 0 Å². The zero-order valence-corrected chi connectivity index (χ0v) is 8.93. The molecule has 1 aliphatic rings. The summed E-state index contributed by atoms with van der Waals surface area (Å²) >= 11 is 0. The number of para-hydroxylation sites is 1. The third kappa shape index (κ3) is 2.47. The Hall–Kier alpha value is -1.10. The monoisotopic (exact) mass is 229 g/mol. The Kier molecular flexibility index (Phi) is 2.65. The molecule has 0 aliphatic carbocycles. The summed E-state index contributed by atoms with van der Waals surface area (Å²) in [7, 11) is -2.91. The van der Waals surface area contributed by atoms with Crippen LogP contribution in [0, 0.1) is 5.82 Å². The third-order valence-electron chi connectivity index (χ3n) is 2.47. The number of rotatable bonds is 2. The third-order valence-corrected chi connectivity index (χ3v) is 4.23. The summed E-state index contributed by atoms with van der Waals surface area (Å²) in [5.74, 6) is -0.0534. The van der Waals surface area contributed by atoms with Crippen LogP contribution >= 0.6 is 0 Å². The number of sulfone groups is 1. The van der Waals surface area contributed by atoms with Gasteiger partial charge in [-0.05, 0) is 18.6 Å². The lowest BCUT2D eigenvalue weighted by molar-refractivity contribution is 0.601. The summed E-state index contributed by atoms with van der Waals surface area (Å²) in [5.41, 5.74) is 0.375. The van der Waals surface area contributed by atoms with Gasteiger partial charge in [0.05, 0.1) is 17.2 Å². The van der Waals surface area contributed by atoms with Gasteiger partial charge in [-0.1, -0.05) is 12.1 Å². The van der Waals surface area contributed by atoms with Crippen molar-refractivity contribution in [3.05, 3.63) is 30.1 Å². The fourth-order valence-electron chi connectivity index (χ4n) is 1.71. The molecule has 82 valence electrons. The van der Waals surface area contributed by atoms with Gasteiger partial charge in [-0.25, -0.2) is 12.8 Å². The SMILES string of the molecule is O=S1(=O)CCC(Nc2ccccc2F)C1. The smallest absolute Gasteiger partial charge is 0.152 e. The number of anilines is 1. The fraction of sp³-hybridized carbons (Fsp3) is 0.400. The van der Waals surface area contributed by atoms with Crippen molar-refractivity contribution in [1.29, 1.82) is 0 Å². The van der Waals surface area contributed by atoms with Gasteiger partial charge in [0.25, 0.3) is 0 Å². The molecule has 0 radical (unpaired) electrons. The van der Waals surface area contributed by atoms with E-state index in [1.807, 2.05) is 0 Å². The highest BCUT2D eigenvalue weighted by atomic mass is 32.2. The molecule has 1 saturated heterocycles. The quantitative estimate of drug-likeness (QED) is 0.834. The molecular weight excluding hydrogens is 217 g/mol. The van der Waals surface area contributed by atoms with Crippen molar-refractivity contribution in [2.45, 2.75) is 12.5 Å². The van der Waals surface area contributed by atoms with Crippen molar-refractivity contribution in [2.24, 2.45) is 0 Å². The molecule has 3 nitrogen and oxygen atoms in total. The van der Waals surface area contributed by atoms with Crippen molar-refractivity contribution >= 4 is 15.5 Å². The maximum Gasteiger partial charge on any atom is 0.152 e. The molecule has 1 fully saturated rings. The van der Waals surface area contributed by atoms with Crippen LogP contribution in [0.4, 0.5) is 10.1 Å². The summed E-state index contributed by atoms with van der Waals surface area (Å²) in [5, 5.41) is 2.91. The number of halogens is 1. The molecule has 1 aromatic carbocycles. The Balaban J connectivity index is 2.08. The predicted molar refractivity (Wildman–Crippen MR) is 57.1 cm³/mol. The normalized spacial score (nSPS) is 23.9. The minimum atomic E-state index is -2.91. The number of hydrogen-bond acceptors (Lipinski definition) is 3. The van der Waals surface area contributed by atoms with E-state index in [0.29, 0.717) is 12.1 Å². The zero-order chi connectivity index (χ0) is 10.9. The number of nitrogens with one attached hydrogen (secondary N) is 1. The first-order valence-corrected chi connectivity index (χ1v) is 6.60. The average molecular weight is 229 g/mol. The Bertz CT molecular complexity index is 458. The highest BCUT2D eigenvalue weighted by molar-refractivity contribution is 7.91. The van der Waals surface area contributed by atoms with Gasteiger partial charge in [0.1, 0.15) is 5.82 Å². The molecule has 0 aromatic heterocycles. The first-order chi connectivity index (χ1) is 7.07. The first kappa shape index (κ1) is 10.4. The van der Waals surface area contributed by atoms with Crippen molar-refractivity contribution in [2.75, 3.05) is 16.8 Å². The van der Waals surface area contributed by atoms with Gasteiger partial charge in [-0.15, -0.1) is 0 Å². The second kappa shape index (κ2) is 3.81. The minimum absolute atomic E-state index is 0.0985. The van der Waals surface area contributed by atoms with E-state index in [9.17, 15) is 12.8 Å². The van der Waals surface area contributed by atoms with Gasteiger partial charge in [-0.3, -0.25) is 0 Å². The van der Waals surface area contributed by atoms with E-state index in [1.54, 1.807) is 18.2 Å². The lowest BCUT2D eigenvalue weighted by Gasteiger charge is -2.12. The molecule has 1 aromatic rings. The van der Waals surface area contributed by atoms with Gasteiger partial charge >= 0.3 is 0 Å². The van der Waals surface area contributed by atoms with Gasteiger partial charge in [0, 0.05) is 6.04 Å². The highest BCUT2D eigenvalue weighted by Gasteiger charge is 2.27. The van der Waals surface area contributed by atoms with E-state index in [2.05, 4.69) is 5.32 Å². The summed E-state index contributed by atoms with van der Waals surface area (Å²) in [6, 6.07) is 6.12. The second-order valence-corrected chi connectivity index (χ2v) is 5.95. The average Bonchev–Trinajstić information content (AvgIpc) is 2.50. The van der Waals surface area contributed by atoms with Crippen LogP contribution in [0.1, 0.15) is 6.42 Å². The minimum Gasteiger partial charge on any atom is -0.379 e. The van der Waals surface area contributed by atoms with Crippen LogP contribution in [0.25, 0.3) is 0 Å². The van der Waals surface area contributed by atoms with Crippen molar-refractivity contribution in [3.63, 3.8) is 0 Å². The van der Waals surface area contributed by atoms with Crippen LogP contribution in [-0.2, 0) is 9.84 Å². The molecular formula is C10H12FNO2S. The Labute approximate surface area is 88.2 Å². The van der Waals surface area contributed by atoms with E-state index in [-0.39, 0.29) is 23.4 Å². The second-order valence-electron chi connectivity index (χ2n) is 3.72. The summed E-state index contributed by atoms with van der Waals surface area (Å²) in [6.07, 6.45) is 0.552. The van der Waals surface area contributed by atoms with Crippen molar-refractivity contribution in [1.82, 2.24) is 0 Å². The number of hydrogen-bond donors (Lipinski definition) is 1. The molecule has 1 heterocycles. The van der Waals surface area contributed by atoms with Gasteiger partial charge in [0.15, 0.2) is 9.84 Å². The maximum atomic E-state index is 13.2. The molecule has 1 N–H and O–H groups in total. The fourth-order valence-corrected chi connectivity index (χ4v) is 3.38. The van der Waals surface area contributed by atoms with Gasteiger partial charge < -0.3 is 5.32 Å². The van der Waals surface area contributed by atoms with E-state index < -0.39 is 9.84 Å². The van der Waals surface area contributed by atoms with E-state index in [1.165, 1.54) is 6.07 Å². The van der Waals surface area contributed by atoms with E-state index in [4.69, 9.17) is 0 Å². The first-order valence-electron chi connectivity index (χ1n) is 4.78. The van der Waals surface area contributed by atoms with Crippen LogP contribution in [0.3, 0.4) is 0 Å². The van der Waals surface area contributed by atoms with Crippen LogP contribution in [-0.4, -0.2) is 26.0 Å². The summed E-state index contributed by atoms with van der Waals surface area (Å²) in [6.45, 7) is 0. The Morgan fingerprint density at radius 1 is 1.33 bits per heavy atom. The van der Waals surface area contributed by atoms with Crippen LogP contribution in [0.15, 0.2) is 24.3 Å². The molecule has 15 heavy (non-hydrogen) atoms. The van der Waals surface area contributed by atoms with Crippen molar-refractivity contribution < 1.29 is 12.8 Å². The summed E-state index contributed by atoms with van der Waals surface area (Å²) in [4.78, 5) is 0. The van der Waals surface area contributed by atoms with Gasteiger partial charge in [0.2, 0.25) is 0 Å². The van der Waals surface area contributed by atoms with Crippen LogP contribution in [0.2, 0.25) is 0 Å². The molecule has 0 saturated carbocycles. The molecule has 0 spiro atoms. The maximum absolute atomic E-state index is 13.2.